The van der Waals surface area contributed by atoms with Crippen molar-refractivity contribution in [3.05, 3.63) is 30.5 Å². The Balaban J connectivity index is 2.03. The van der Waals surface area contributed by atoms with E-state index in [4.69, 9.17) is 0 Å². The van der Waals surface area contributed by atoms with Gasteiger partial charge in [0.2, 0.25) is 0 Å². The van der Waals surface area contributed by atoms with E-state index in [2.05, 4.69) is 0 Å². The summed E-state index contributed by atoms with van der Waals surface area (Å²) in [5.41, 5.74) is 0.954. The van der Waals surface area contributed by atoms with E-state index in [9.17, 15) is 13.5 Å². The van der Waals surface area contributed by atoms with Gasteiger partial charge in [-0.05, 0) is 44.0 Å². The lowest BCUT2D eigenvalue weighted by Crippen LogP contribution is -2.10. The third kappa shape index (κ3) is 2.28. The minimum atomic E-state index is -3.13. The first kappa shape index (κ1) is 12.7. The predicted molar refractivity (Wildman–Crippen MR) is 73.8 cm³/mol. The molecule has 19 heavy (non-hydrogen) atoms. The Hall–Kier alpha value is -1.33. The number of aromatic nitrogens is 1. The van der Waals surface area contributed by atoms with Gasteiger partial charge < -0.3 is 9.67 Å². The summed E-state index contributed by atoms with van der Waals surface area (Å²) in [6, 6.07) is 7.13. The molecular formula is C14H17NO3S. The van der Waals surface area contributed by atoms with Crippen LogP contribution in [0.25, 0.3) is 10.9 Å². The molecule has 0 bridgehead atoms. The number of aliphatic hydroxyl groups excluding tert-OH is 1. The van der Waals surface area contributed by atoms with Gasteiger partial charge in [0.1, 0.15) is 0 Å². The van der Waals surface area contributed by atoms with E-state index >= 15 is 0 Å². The molecule has 1 heterocycles. The molecule has 102 valence electrons. The number of benzene rings is 1. The molecule has 2 aromatic rings. The van der Waals surface area contributed by atoms with Gasteiger partial charge in [-0.1, -0.05) is 0 Å². The predicted octanol–water partition coefficient (Wildman–Crippen LogP) is 1.96. The monoisotopic (exact) mass is 279 g/mol. The standard InChI is InChI=1S/C14H17NO3S/c1-10(16)9-15-7-6-11-8-13(4-5-14(11)15)19(17,18)12-2-3-12/h4-8,10,12,16H,2-3,9H2,1H3. The van der Waals surface area contributed by atoms with Gasteiger partial charge in [0, 0.05) is 23.6 Å². The summed E-state index contributed by atoms with van der Waals surface area (Å²) in [5.74, 6) is 0. The van der Waals surface area contributed by atoms with Gasteiger partial charge in [-0.3, -0.25) is 0 Å². The molecule has 1 aliphatic carbocycles. The summed E-state index contributed by atoms with van der Waals surface area (Å²) in [7, 11) is -3.13. The summed E-state index contributed by atoms with van der Waals surface area (Å²) in [6.07, 6.45) is 3.02. The first-order chi connectivity index (χ1) is 8.98. The van der Waals surface area contributed by atoms with Gasteiger partial charge in [-0.15, -0.1) is 0 Å². The van der Waals surface area contributed by atoms with Crippen molar-refractivity contribution in [2.45, 2.75) is 42.6 Å². The second kappa shape index (κ2) is 4.35. The molecule has 1 fully saturated rings. The fraction of sp³-hybridized carbons (Fsp3) is 0.429. The molecule has 4 nitrogen and oxygen atoms in total. The van der Waals surface area contributed by atoms with E-state index < -0.39 is 15.9 Å². The second-order valence-corrected chi connectivity index (χ2v) is 7.51. The summed E-state index contributed by atoms with van der Waals surface area (Å²) in [6.45, 7) is 2.25. The quantitative estimate of drug-likeness (QED) is 0.930. The minimum absolute atomic E-state index is 0.176. The van der Waals surface area contributed by atoms with Crippen LogP contribution < -0.4 is 0 Å². The van der Waals surface area contributed by atoms with Crippen LogP contribution in [0.3, 0.4) is 0 Å². The number of hydrogen-bond donors (Lipinski definition) is 1. The fourth-order valence-corrected chi connectivity index (χ4v) is 4.06. The average Bonchev–Trinajstić information content (AvgIpc) is 3.13. The summed E-state index contributed by atoms with van der Waals surface area (Å²) < 4.78 is 26.3. The van der Waals surface area contributed by atoms with Crippen LogP contribution in [0.4, 0.5) is 0 Å². The molecule has 0 radical (unpaired) electrons. The van der Waals surface area contributed by atoms with Gasteiger partial charge >= 0.3 is 0 Å². The van der Waals surface area contributed by atoms with Crippen LogP contribution in [0, 0.1) is 0 Å². The van der Waals surface area contributed by atoms with E-state index in [-0.39, 0.29) is 5.25 Å². The largest absolute Gasteiger partial charge is 0.392 e. The van der Waals surface area contributed by atoms with E-state index in [1.807, 2.05) is 22.9 Å². The molecule has 3 rings (SSSR count). The summed E-state index contributed by atoms with van der Waals surface area (Å²) >= 11 is 0. The molecule has 1 aliphatic rings. The number of hydrogen-bond acceptors (Lipinski definition) is 3. The van der Waals surface area contributed by atoms with Crippen molar-refractivity contribution in [3.8, 4) is 0 Å². The maximum atomic E-state index is 12.2. The highest BCUT2D eigenvalue weighted by molar-refractivity contribution is 7.92. The Labute approximate surface area is 112 Å². The van der Waals surface area contributed by atoms with Crippen LogP contribution in [0.1, 0.15) is 19.8 Å². The number of rotatable bonds is 4. The van der Waals surface area contributed by atoms with E-state index in [0.717, 1.165) is 23.7 Å². The van der Waals surface area contributed by atoms with Crippen LogP contribution in [0.2, 0.25) is 0 Å². The first-order valence-corrected chi connectivity index (χ1v) is 8.04. The lowest BCUT2D eigenvalue weighted by atomic mass is 10.2. The highest BCUT2D eigenvalue weighted by Gasteiger charge is 2.36. The van der Waals surface area contributed by atoms with Gasteiger partial charge in [-0.2, -0.15) is 0 Å². The third-order valence-corrected chi connectivity index (χ3v) is 5.76. The smallest absolute Gasteiger partial charge is 0.181 e. The second-order valence-electron chi connectivity index (χ2n) is 5.28. The molecular weight excluding hydrogens is 262 g/mol. The van der Waals surface area contributed by atoms with Crippen molar-refractivity contribution < 1.29 is 13.5 Å². The lowest BCUT2D eigenvalue weighted by Gasteiger charge is -2.08. The van der Waals surface area contributed by atoms with Gasteiger partial charge in [0.15, 0.2) is 9.84 Å². The molecule has 0 spiro atoms. The van der Waals surface area contributed by atoms with Crippen molar-refractivity contribution in [1.82, 2.24) is 4.57 Å². The normalized spacial score (nSPS) is 17.8. The first-order valence-electron chi connectivity index (χ1n) is 6.49. The van der Waals surface area contributed by atoms with Crippen molar-refractivity contribution in [2.24, 2.45) is 0 Å². The van der Waals surface area contributed by atoms with Crippen LogP contribution in [0.15, 0.2) is 35.4 Å². The molecule has 5 heteroatoms. The SMILES string of the molecule is CC(O)Cn1ccc2cc(S(=O)(=O)C3CC3)ccc21. The molecule has 1 aromatic carbocycles. The van der Waals surface area contributed by atoms with E-state index in [0.29, 0.717) is 11.4 Å². The van der Waals surface area contributed by atoms with E-state index in [1.54, 1.807) is 19.1 Å². The van der Waals surface area contributed by atoms with Gasteiger partial charge in [-0.25, -0.2) is 8.42 Å². The minimum Gasteiger partial charge on any atom is -0.392 e. The molecule has 0 aliphatic heterocycles. The van der Waals surface area contributed by atoms with Crippen molar-refractivity contribution in [2.75, 3.05) is 0 Å². The average molecular weight is 279 g/mol. The fourth-order valence-electron chi connectivity index (χ4n) is 2.37. The molecule has 1 N–H and O–H groups in total. The van der Waals surface area contributed by atoms with Crippen LogP contribution in [-0.4, -0.2) is 29.4 Å². The van der Waals surface area contributed by atoms with Crippen molar-refractivity contribution in [1.29, 1.82) is 0 Å². The highest BCUT2D eigenvalue weighted by Crippen LogP contribution is 2.34. The summed E-state index contributed by atoms with van der Waals surface area (Å²) in [5, 5.41) is 10.2. The molecule has 1 unspecified atom stereocenters. The Kier molecular flexibility index (Phi) is 2.91. The third-order valence-electron chi connectivity index (χ3n) is 3.50. The Morgan fingerprint density at radius 3 is 2.74 bits per heavy atom. The Morgan fingerprint density at radius 1 is 1.37 bits per heavy atom. The molecule has 1 saturated carbocycles. The van der Waals surface area contributed by atoms with E-state index in [1.165, 1.54) is 0 Å². The lowest BCUT2D eigenvalue weighted by molar-refractivity contribution is 0.175. The molecule has 0 amide bonds. The van der Waals surface area contributed by atoms with Gasteiger partial charge in [0.05, 0.1) is 16.2 Å². The zero-order chi connectivity index (χ0) is 13.6. The van der Waals surface area contributed by atoms with Gasteiger partial charge in [0.25, 0.3) is 0 Å². The molecule has 1 aromatic heterocycles. The Bertz CT molecular complexity index is 711. The highest BCUT2D eigenvalue weighted by atomic mass is 32.2. The van der Waals surface area contributed by atoms with Crippen LogP contribution in [-0.2, 0) is 16.4 Å². The number of fused-ring (bicyclic) bond motifs is 1. The number of aliphatic hydroxyl groups is 1. The van der Waals surface area contributed by atoms with Crippen molar-refractivity contribution in [3.63, 3.8) is 0 Å². The maximum absolute atomic E-state index is 12.2. The Morgan fingerprint density at radius 2 is 2.11 bits per heavy atom. The summed E-state index contributed by atoms with van der Waals surface area (Å²) in [4.78, 5) is 0.414. The van der Waals surface area contributed by atoms with Crippen molar-refractivity contribution >= 4 is 20.7 Å². The zero-order valence-corrected chi connectivity index (χ0v) is 11.6. The topological polar surface area (TPSA) is 59.3 Å². The molecule has 0 saturated heterocycles. The van der Waals surface area contributed by atoms with Crippen LogP contribution in [0.5, 0.6) is 0 Å². The van der Waals surface area contributed by atoms with Crippen LogP contribution >= 0.6 is 0 Å². The zero-order valence-electron chi connectivity index (χ0n) is 10.8. The maximum Gasteiger partial charge on any atom is 0.181 e. The number of nitrogens with zero attached hydrogens (tertiary/aromatic N) is 1. The molecule has 1 atom stereocenters. The number of sulfone groups is 1.